The van der Waals surface area contributed by atoms with Crippen LogP contribution in [0, 0.1) is 6.92 Å². The van der Waals surface area contributed by atoms with Crippen LogP contribution in [-0.2, 0) is 9.59 Å². The van der Waals surface area contributed by atoms with Gasteiger partial charge in [0.2, 0.25) is 6.04 Å². The van der Waals surface area contributed by atoms with Crippen LogP contribution in [0.4, 0.5) is 11.4 Å². The van der Waals surface area contributed by atoms with Crippen LogP contribution >= 0.6 is 23.2 Å². The van der Waals surface area contributed by atoms with Crippen molar-refractivity contribution in [3.05, 3.63) is 45.9 Å². The van der Waals surface area contributed by atoms with Crippen molar-refractivity contribution >= 4 is 46.3 Å². The van der Waals surface area contributed by atoms with Gasteiger partial charge in [0.15, 0.2) is 5.78 Å². The molecule has 0 aliphatic carbocycles. The van der Waals surface area contributed by atoms with Gasteiger partial charge in [-0.25, -0.2) is 0 Å². The fraction of sp³-hybridized carbons (Fsp3) is 0.263. The van der Waals surface area contributed by atoms with Crippen LogP contribution in [0.2, 0.25) is 10.0 Å². The molecule has 0 fully saturated rings. The van der Waals surface area contributed by atoms with Crippen molar-refractivity contribution in [2.45, 2.75) is 19.9 Å². The van der Waals surface area contributed by atoms with Gasteiger partial charge in [-0.2, -0.15) is 10.2 Å². The van der Waals surface area contributed by atoms with E-state index in [1.807, 2.05) is 6.92 Å². The van der Waals surface area contributed by atoms with Crippen LogP contribution in [0.5, 0.6) is 11.5 Å². The molecule has 0 bridgehead atoms. The molecule has 0 saturated heterocycles. The number of hydrogen-bond acceptors (Lipinski definition) is 6. The van der Waals surface area contributed by atoms with E-state index in [1.165, 1.54) is 21.1 Å². The zero-order chi connectivity index (χ0) is 20.8. The van der Waals surface area contributed by atoms with Crippen molar-refractivity contribution in [2.24, 2.45) is 10.2 Å². The number of Topliss-reactive ketones (excluding diaryl/α,β-unsaturated/α-hetero) is 1. The van der Waals surface area contributed by atoms with Crippen LogP contribution in [-0.4, -0.2) is 32.0 Å². The number of rotatable bonds is 7. The molecule has 1 atom stereocenters. The molecule has 1 unspecified atom stereocenters. The van der Waals surface area contributed by atoms with Gasteiger partial charge in [-0.1, -0.05) is 29.3 Å². The monoisotopic (exact) mass is 423 g/mol. The minimum Gasteiger partial charge on any atom is -0.495 e. The van der Waals surface area contributed by atoms with E-state index >= 15 is 0 Å². The Balaban J connectivity index is 2.33. The van der Waals surface area contributed by atoms with Gasteiger partial charge in [-0.05, 0) is 43.7 Å². The predicted molar refractivity (Wildman–Crippen MR) is 108 cm³/mol. The van der Waals surface area contributed by atoms with Crippen molar-refractivity contribution in [3.8, 4) is 11.5 Å². The minimum absolute atomic E-state index is 0.139. The van der Waals surface area contributed by atoms with Gasteiger partial charge >= 0.3 is 0 Å². The lowest BCUT2D eigenvalue weighted by Gasteiger charge is -2.15. The number of ketones is 1. The molecule has 7 nitrogen and oxygen atoms in total. The molecule has 9 heteroatoms. The van der Waals surface area contributed by atoms with Gasteiger partial charge < -0.3 is 14.8 Å². The Bertz CT molecular complexity index is 932. The maximum atomic E-state index is 12.7. The molecule has 0 saturated carbocycles. The number of halogens is 2. The second-order valence-electron chi connectivity index (χ2n) is 5.81. The highest BCUT2D eigenvalue weighted by Gasteiger charge is 2.26. The number of benzene rings is 2. The molecule has 28 heavy (non-hydrogen) atoms. The van der Waals surface area contributed by atoms with Crippen LogP contribution < -0.4 is 14.8 Å². The van der Waals surface area contributed by atoms with E-state index < -0.39 is 17.7 Å². The molecule has 0 spiro atoms. The summed E-state index contributed by atoms with van der Waals surface area (Å²) < 4.78 is 10.4. The predicted octanol–water partition coefficient (Wildman–Crippen LogP) is 5.00. The summed E-state index contributed by atoms with van der Waals surface area (Å²) in [6, 6.07) is 6.88. The van der Waals surface area contributed by atoms with E-state index in [0.717, 1.165) is 5.56 Å². The van der Waals surface area contributed by atoms with Gasteiger partial charge in [-0.3, -0.25) is 9.59 Å². The SMILES string of the molecule is COc1ccc(OC)c(NC(=O)C(N=Nc2cc(Cl)ccc2C)C(C)=O)c1Cl. The standard InChI is InChI=1S/C19H19Cl2N3O4/c1-10-5-6-12(20)9-13(10)23-24-17(11(2)25)19(26)22-18-15(28-4)8-7-14(27-3)16(18)21/h5-9,17H,1-4H3,(H,22,26). The Morgan fingerprint density at radius 2 is 1.71 bits per heavy atom. The number of anilines is 1. The molecule has 2 rings (SSSR count). The third kappa shape index (κ3) is 4.99. The first kappa shape index (κ1) is 21.7. The number of nitrogens with one attached hydrogen (secondary N) is 1. The van der Waals surface area contributed by atoms with Gasteiger partial charge in [0.25, 0.3) is 5.91 Å². The number of methoxy groups -OCH3 is 2. The van der Waals surface area contributed by atoms with Crippen LogP contribution in [0.15, 0.2) is 40.6 Å². The normalized spacial score (nSPS) is 11.9. The quantitative estimate of drug-likeness (QED) is 0.501. The smallest absolute Gasteiger partial charge is 0.258 e. The third-order valence-electron chi connectivity index (χ3n) is 3.84. The zero-order valence-electron chi connectivity index (χ0n) is 15.7. The maximum absolute atomic E-state index is 12.7. The summed E-state index contributed by atoms with van der Waals surface area (Å²) in [5.74, 6) is -0.541. The van der Waals surface area contributed by atoms with E-state index in [-0.39, 0.29) is 10.7 Å². The van der Waals surface area contributed by atoms with E-state index in [9.17, 15) is 9.59 Å². The Kier molecular flexibility index (Phi) is 7.37. The lowest BCUT2D eigenvalue weighted by Crippen LogP contribution is -2.32. The lowest BCUT2D eigenvalue weighted by molar-refractivity contribution is -0.126. The lowest BCUT2D eigenvalue weighted by atomic mass is 10.2. The molecule has 0 aliphatic heterocycles. The highest BCUT2D eigenvalue weighted by molar-refractivity contribution is 6.36. The molecule has 0 radical (unpaired) electrons. The maximum Gasteiger partial charge on any atom is 0.258 e. The topological polar surface area (TPSA) is 89.3 Å². The van der Waals surface area contributed by atoms with Crippen LogP contribution in [0.1, 0.15) is 12.5 Å². The fourth-order valence-electron chi connectivity index (χ4n) is 2.30. The second-order valence-corrected chi connectivity index (χ2v) is 6.62. The van der Waals surface area contributed by atoms with Crippen LogP contribution in [0.25, 0.3) is 0 Å². The van der Waals surface area contributed by atoms with Crippen molar-refractivity contribution in [3.63, 3.8) is 0 Å². The number of ether oxygens (including phenoxy) is 2. The molecule has 2 aromatic carbocycles. The molecule has 0 aromatic heterocycles. The number of azo groups is 1. The number of aryl methyl sites for hydroxylation is 1. The molecule has 1 N–H and O–H groups in total. The first-order valence-electron chi connectivity index (χ1n) is 8.17. The largest absolute Gasteiger partial charge is 0.495 e. The first-order chi connectivity index (χ1) is 13.3. The molecule has 1 amide bonds. The van der Waals surface area contributed by atoms with Crippen molar-refractivity contribution in [1.82, 2.24) is 0 Å². The van der Waals surface area contributed by atoms with Gasteiger partial charge in [0.05, 0.1) is 19.9 Å². The Morgan fingerprint density at radius 1 is 1.07 bits per heavy atom. The van der Waals surface area contributed by atoms with Crippen molar-refractivity contribution < 1.29 is 19.1 Å². The van der Waals surface area contributed by atoms with Gasteiger partial charge in [0.1, 0.15) is 22.2 Å². The van der Waals surface area contributed by atoms with Crippen molar-refractivity contribution in [2.75, 3.05) is 19.5 Å². The highest BCUT2D eigenvalue weighted by atomic mass is 35.5. The molecule has 148 valence electrons. The molecule has 0 aliphatic rings. The van der Waals surface area contributed by atoms with Crippen molar-refractivity contribution in [1.29, 1.82) is 0 Å². The summed E-state index contributed by atoms with van der Waals surface area (Å²) >= 11 is 12.2. The van der Waals surface area contributed by atoms with E-state index in [2.05, 4.69) is 15.5 Å². The summed E-state index contributed by atoms with van der Waals surface area (Å²) in [4.78, 5) is 24.7. The Morgan fingerprint density at radius 3 is 2.32 bits per heavy atom. The molecule has 0 heterocycles. The number of nitrogens with zero attached hydrogens (tertiary/aromatic N) is 2. The average molecular weight is 424 g/mol. The summed E-state index contributed by atoms with van der Waals surface area (Å²) in [5.41, 5.74) is 1.44. The Hall–Kier alpha value is -2.64. The minimum atomic E-state index is -1.37. The number of carbonyl (C=O) groups is 2. The second kappa shape index (κ2) is 9.52. The average Bonchev–Trinajstić information content (AvgIpc) is 2.65. The highest BCUT2D eigenvalue weighted by Crippen LogP contribution is 2.39. The summed E-state index contributed by atoms with van der Waals surface area (Å²) in [5, 5.41) is 11.1. The van der Waals surface area contributed by atoms with Gasteiger partial charge in [-0.15, -0.1) is 0 Å². The zero-order valence-corrected chi connectivity index (χ0v) is 17.3. The van der Waals surface area contributed by atoms with E-state index in [1.54, 1.807) is 30.3 Å². The van der Waals surface area contributed by atoms with E-state index in [0.29, 0.717) is 22.2 Å². The third-order valence-corrected chi connectivity index (χ3v) is 4.45. The number of carbonyl (C=O) groups excluding carboxylic acids is 2. The summed E-state index contributed by atoms with van der Waals surface area (Å²) in [6.07, 6.45) is 0. The molecular weight excluding hydrogens is 405 g/mol. The van der Waals surface area contributed by atoms with Crippen LogP contribution in [0.3, 0.4) is 0 Å². The number of amides is 1. The fourth-order valence-corrected chi connectivity index (χ4v) is 2.75. The molecule has 2 aromatic rings. The Labute approximate surface area is 172 Å². The first-order valence-corrected chi connectivity index (χ1v) is 8.92. The van der Waals surface area contributed by atoms with E-state index in [4.69, 9.17) is 32.7 Å². The number of hydrogen-bond donors (Lipinski definition) is 1. The summed E-state index contributed by atoms with van der Waals surface area (Å²) in [6.45, 7) is 3.06. The molecular formula is C19H19Cl2N3O4. The van der Waals surface area contributed by atoms with Gasteiger partial charge in [0, 0.05) is 5.02 Å². The summed E-state index contributed by atoms with van der Waals surface area (Å²) in [7, 11) is 2.87.